The van der Waals surface area contributed by atoms with Crippen LogP contribution in [0.4, 0.5) is 17.6 Å². The van der Waals surface area contributed by atoms with Crippen molar-refractivity contribution < 1.29 is 32.5 Å². The van der Waals surface area contributed by atoms with Gasteiger partial charge in [-0.3, -0.25) is 0 Å². The minimum absolute atomic E-state index is 0.0932. The fourth-order valence-electron chi connectivity index (χ4n) is 4.75. The second-order valence-corrected chi connectivity index (χ2v) is 9.93. The Kier molecular flexibility index (Phi) is 6.45. The summed E-state index contributed by atoms with van der Waals surface area (Å²) in [5.74, 6) is -0.0603. The fourth-order valence-corrected chi connectivity index (χ4v) is 4.75. The van der Waals surface area contributed by atoms with Gasteiger partial charge in [-0.25, -0.2) is 4.39 Å². The third kappa shape index (κ3) is 4.93. The van der Waals surface area contributed by atoms with Gasteiger partial charge in [-0.2, -0.15) is 13.2 Å². The van der Waals surface area contributed by atoms with E-state index in [-0.39, 0.29) is 11.5 Å². The molecule has 3 nitrogen and oxygen atoms in total. The van der Waals surface area contributed by atoms with Crippen LogP contribution in [0.5, 0.6) is 5.75 Å². The van der Waals surface area contributed by atoms with Crippen molar-refractivity contribution in [3.05, 3.63) is 88.2 Å². The summed E-state index contributed by atoms with van der Waals surface area (Å²) in [5, 5.41) is 22.7. The van der Waals surface area contributed by atoms with E-state index in [1.807, 2.05) is 27.7 Å². The zero-order chi connectivity index (χ0) is 25.7. The fraction of sp³-hybridized carbons (Fsp3) is 0.357. The monoisotopic (exact) mass is 488 g/mol. The van der Waals surface area contributed by atoms with Gasteiger partial charge in [-0.1, -0.05) is 38.1 Å². The predicted molar refractivity (Wildman–Crippen MR) is 126 cm³/mol. The molecular formula is C28H28F4O3. The topological polar surface area (TPSA) is 49.7 Å². The van der Waals surface area contributed by atoms with Crippen molar-refractivity contribution in [1.29, 1.82) is 0 Å². The van der Waals surface area contributed by atoms with Gasteiger partial charge in [-0.15, -0.1) is 0 Å². The molecular weight excluding hydrogens is 460 g/mol. The zero-order valence-electron chi connectivity index (χ0n) is 19.9. The van der Waals surface area contributed by atoms with Crippen molar-refractivity contribution in [1.82, 2.24) is 0 Å². The highest BCUT2D eigenvalue weighted by molar-refractivity contribution is 5.78. The molecule has 3 aromatic rings. The second-order valence-electron chi connectivity index (χ2n) is 9.93. The quantitative estimate of drug-likeness (QED) is 0.379. The largest absolute Gasteiger partial charge is 0.487 e. The molecule has 1 heterocycles. The minimum atomic E-state index is -4.49. The molecule has 0 radical (unpaired) electrons. The lowest BCUT2D eigenvalue weighted by molar-refractivity contribution is -0.137. The minimum Gasteiger partial charge on any atom is -0.487 e. The first kappa shape index (κ1) is 25.2. The predicted octanol–water partition coefficient (Wildman–Crippen LogP) is 7.31. The first-order valence-electron chi connectivity index (χ1n) is 11.5. The summed E-state index contributed by atoms with van der Waals surface area (Å²) in [6, 6.07) is 11.9. The Morgan fingerprint density at radius 3 is 2.14 bits per heavy atom. The van der Waals surface area contributed by atoms with Crippen LogP contribution in [-0.4, -0.2) is 15.8 Å². The Hall–Kier alpha value is -2.90. The van der Waals surface area contributed by atoms with Gasteiger partial charge < -0.3 is 14.9 Å². The number of fused-ring (bicyclic) bond motifs is 1. The molecule has 0 saturated carbocycles. The van der Waals surface area contributed by atoms with Crippen LogP contribution in [0.15, 0.2) is 54.6 Å². The smallest absolute Gasteiger partial charge is 0.416 e. The molecule has 35 heavy (non-hydrogen) atoms. The number of ether oxygens (including phenoxy) is 1. The number of aliphatic hydroxyl groups excluding tert-OH is 2. The van der Waals surface area contributed by atoms with E-state index in [0.29, 0.717) is 34.4 Å². The van der Waals surface area contributed by atoms with Gasteiger partial charge in [0, 0.05) is 12.0 Å². The van der Waals surface area contributed by atoms with E-state index in [0.717, 1.165) is 17.7 Å². The third-order valence-electron chi connectivity index (χ3n) is 6.39. The Labute approximate surface area is 202 Å². The highest BCUT2D eigenvalue weighted by Crippen LogP contribution is 2.50. The van der Waals surface area contributed by atoms with Gasteiger partial charge in [-0.05, 0) is 77.9 Å². The lowest BCUT2D eigenvalue weighted by Crippen LogP contribution is -2.35. The maximum Gasteiger partial charge on any atom is 0.416 e. The van der Waals surface area contributed by atoms with Crippen LogP contribution in [0.2, 0.25) is 0 Å². The van der Waals surface area contributed by atoms with Crippen molar-refractivity contribution in [3.8, 4) is 16.9 Å². The highest BCUT2D eigenvalue weighted by Gasteiger charge is 2.38. The molecule has 0 saturated heterocycles. The van der Waals surface area contributed by atoms with Crippen LogP contribution in [0.3, 0.4) is 0 Å². The molecule has 0 bridgehead atoms. The lowest BCUT2D eigenvalue weighted by atomic mass is 9.78. The summed E-state index contributed by atoms with van der Waals surface area (Å²) in [4.78, 5) is 0. The molecule has 0 unspecified atom stereocenters. The number of hydrogen-bond acceptors (Lipinski definition) is 3. The van der Waals surface area contributed by atoms with Gasteiger partial charge in [0.15, 0.2) is 0 Å². The molecule has 4 rings (SSSR count). The molecule has 1 aliphatic heterocycles. The van der Waals surface area contributed by atoms with Crippen molar-refractivity contribution in [3.63, 3.8) is 0 Å². The summed E-state index contributed by atoms with van der Waals surface area (Å²) in [7, 11) is 0. The highest BCUT2D eigenvalue weighted by atomic mass is 19.4. The molecule has 2 atom stereocenters. The van der Waals surface area contributed by atoms with E-state index in [2.05, 4.69) is 0 Å². The maximum atomic E-state index is 13.8. The SMILES string of the molecule is CC(C)c1cc2c(c(-c3ccc(F)cc3)c1[C@@H](O)c1ccc(C(F)(F)F)cc1)[C@@H](O)CC(C)(C)O2. The van der Waals surface area contributed by atoms with Crippen LogP contribution in [-0.2, 0) is 6.18 Å². The van der Waals surface area contributed by atoms with Crippen LogP contribution in [0, 0.1) is 5.82 Å². The van der Waals surface area contributed by atoms with E-state index >= 15 is 0 Å². The first-order chi connectivity index (χ1) is 16.3. The Bertz CT molecular complexity index is 1210. The van der Waals surface area contributed by atoms with E-state index in [1.165, 1.54) is 24.3 Å². The lowest BCUT2D eigenvalue weighted by Gasteiger charge is -2.38. The van der Waals surface area contributed by atoms with E-state index in [9.17, 15) is 27.8 Å². The van der Waals surface area contributed by atoms with E-state index < -0.39 is 35.4 Å². The maximum absolute atomic E-state index is 13.8. The molecule has 2 N–H and O–H groups in total. The number of benzene rings is 3. The molecule has 3 aromatic carbocycles. The van der Waals surface area contributed by atoms with Crippen LogP contribution >= 0.6 is 0 Å². The number of rotatable bonds is 4. The molecule has 0 fully saturated rings. The van der Waals surface area contributed by atoms with Gasteiger partial charge >= 0.3 is 6.18 Å². The molecule has 7 heteroatoms. The van der Waals surface area contributed by atoms with Gasteiger partial charge in [0.2, 0.25) is 0 Å². The van der Waals surface area contributed by atoms with Crippen LogP contribution < -0.4 is 4.74 Å². The number of halogens is 4. The molecule has 1 aliphatic rings. The van der Waals surface area contributed by atoms with Crippen molar-refractivity contribution in [2.75, 3.05) is 0 Å². The standard InChI is InChI=1S/C28H28F4O3/c1-15(2)20-13-22-25(21(33)14-27(3,4)35-22)23(16-7-11-19(29)12-8-16)24(20)26(34)17-5-9-18(10-6-17)28(30,31)32/h5-13,15,21,26,33-34H,14H2,1-4H3/t21-,26-/m0/s1. The summed E-state index contributed by atoms with van der Waals surface area (Å²) in [5.41, 5.74) is 1.54. The number of aliphatic hydroxyl groups is 2. The molecule has 0 aromatic heterocycles. The van der Waals surface area contributed by atoms with Crippen LogP contribution in [0.25, 0.3) is 11.1 Å². The molecule has 0 aliphatic carbocycles. The molecule has 186 valence electrons. The van der Waals surface area contributed by atoms with Crippen molar-refractivity contribution in [2.45, 2.75) is 64.0 Å². The second kappa shape index (κ2) is 8.95. The molecule has 0 spiro atoms. The number of hydrogen-bond donors (Lipinski definition) is 2. The normalized spacial score (nSPS) is 18.2. The summed E-state index contributed by atoms with van der Waals surface area (Å²) >= 11 is 0. The Balaban J connectivity index is 2.00. The summed E-state index contributed by atoms with van der Waals surface area (Å²) in [6.45, 7) is 7.61. The Morgan fingerprint density at radius 1 is 1.00 bits per heavy atom. The van der Waals surface area contributed by atoms with Crippen molar-refractivity contribution >= 4 is 0 Å². The van der Waals surface area contributed by atoms with Gasteiger partial charge in [0.25, 0.3) is 0 Å². The molecule has 0 amide bonds. The van der Waals surface area contributed by atoms with Gasteiger partial charge in [0.05, 0.1) is 11.7 Å². The Morgan fingerprint density at radius 2 is 1.60 bits per heavy atom. The summed E-state index contributed by atoms with van der Waals surface area (Å²) < 4.78 is 59.3. The van der Waals surface area contributed by atoms with Gasteiger partial charge in [0.1, 0.15) is 23.3 Å². The third-order valence-corrected chi connectivity index (χ3v) is 6.39. The van der Waals surface area contributed by atoms with Crippen molar-refractivity contribution in [2.24, 2.45) is 0 Å². The average molecular weight is 489 g/mol. The van der Waals surface area contributed by atoms with E-state index in [4.69, 9.17) is 4.74 Å². The summed E-state index contributed by atoms with van der Waals surface area (Å²) in [6.07, 6.45) is -6.41. The zero-order valence-corrected chi connectivity index (χ0v) is 19.9. The van der Waals surface area contributed by atoms with E-state index in [1.54, 1.807) is 18.2 Å². The number of alkyl halides is 3. The van der Waals surface area contributed by atoms with Crippen LogP contribution in [0.1, 0.15) is 80.1 Å². The first-order valence-corrected chi connectivity index (χ1v) is 11.5. The average Bonchev–Trinajstić information content (AvgIpc) is 2.76.